The van der Waals surface area contributed by atoms with Crippen LogP contribution in [0.15, 0.2) is 30.5 Å². The van der Waals surface area contributed by atoms with Crippen LogP contribution in [0.1, 0.15) is 37.6 Å². The molecule has 0 bridgehead atoms. The summed E-state index contributed by atoms with van der Waals surface area (Å²) in [6.45, 7) is 8.24. The van der Waals surface area contributed by atoms with Gasteiger partial charge in [0.2, 0.25) is 0 Å². The van der Waals surface area contributed by atoms with Crippen LogP contribution in [0.2, 0.25) is 5.02 Å². The van der Waals surface area contributed by atoms with E-state index in [0.29, 0.717) is 35.3 Å². The molecule has 5 nitrogen and oxygen atoms in total. The van der Waals surface area contributed by atoms with Crippen LogP contribution < -0.4 is 5.73 Å². The van der Waals surface area contributed by atoms with Gasteiger partial charge in [-0.3, -0.25) is 9.48 Å². The Kier molecular flexibility index (Phi) is 4.89. The standard InChI is InChI=1S/C19H25ClN4O/c1-19(2,3)24-12-15(18(25)23-9-8-13(10-21)11-23)17(22-24)14-6-4-5-7-16(14)20/h4-7,12-13H,8-11,21H2,1-3H3. The van der Waals surface area contributed by atoms with E-state index in [9.17, 15) is 4.79 Å². The molecule has 2 N–H and O–H groups in total. The molecule has 0 saturated carbocycles. The highest BCUT2D eigenvalue weighted by Crippen LogP contribution is 2.32. The van der Waals surface area contributed by atoms with Gasteiger partial charge in [-0.2, -0.15) is 5.10 Å². The second-order valence-electron chi connectivity index (χ2n) is 7.63. The van der Waals surface area contributed by atoms with E-state index >= 15 is 0 Å². The molecule has 1 aliphatic rings. The van der Waals surface area contributed by atoms with Crippen LogP contribution in [0.5, 0.6) is 0 Å². The molecular weight excluding hydrogens is 336 g/mol. The molecule has 1 unspecified atom stereocenters. The zero-order valence-electron chi connectivity index (χ0n) is 15.0. The first-order valence-corrected chi connectivity index (χ1v) is 9.03. The van der Waals surface area contributed by atoms with Gasteiger partial charge < -0.3 is 10.6 Å². The SMILES string of the molecule is CC(C)(C)n1cc(C(=O)N2CCC(CN)C2)c(-c2ccccc2Cl)n1. The molecule has 134 valence electrons. The van der Waals surface area contributed by atoms with Crippen molar-refractivity contribution in [3.8, 4) is 11.3 Å². The van der Waals surface area contributed by atoms with Gasteiger partial charge in [-0.25, -0.2) is 0 Å². The van der Waals surface area contributed by atoms with Crippen molar-refractivity contribution in [3.05, 3.63) is 41.0 Å². The lowest BCUT2D eigenvalue weighted by molar-refractivity contribution is 0.0788. The molecule has 2 aromatic rings. The lowest BCUT2D eigenvalue weighted by Crippen LogP contribution is -2.30. The summed E-state index contributed by atoms with van der Waals surface area (Å²) in [5.74, 6) is 0.381. The van der Waals surface area contributed by atoms with Crippen molar-refractivity contribution in [1.82, 2.24) is 14.7 Å². The van der Waals surface area contributed by atoms with Gasteiger partial charge in [-0.1, -0.05) is 29.8 Å². The third-order valence-corrected chi connectivity index (χ3v) is 5.00. The molecule has 0 radical (unpaired) electrons. The Morgan fingerprint density at radius 3 is 2.68 bits per heavy atom. The minimum Gasteiger partial charge on any atom is -0.338 e. The Hall–Kier alpha value is -1.85. The van der Waals surface area contributed by atoms with Crippen LogP contribution in [0, 0.1) is 5.92 Å². The molecule has 2 heterocycles. The van der Waals surface area contributed by atoms with Crippen molar-refractivity contribution in [1.29, 1.82) is 0 Å². The molecule has 1 atom stereocenters. The fourth-order valence-electron chi connectivity index (χ4n) is 3.11. The van der Waals surface area contributed by atoms with Crippen LogP contribution in [0.25, 0.3) is 11.3 Å². The monoisotopic (exact) mass is 360 g/mol. The van der Waals surface area contributed by atoms with Crippen LogP contribution in [0.4, 0.5) is 0 Å². The van der Waals surface area contributed by atoms with Crippen LogP contribution in [-0.2, 0) is 5.54 Å². The number of carbonyl (C=O) groups excluding carboxylic acids is 1. The first-order chi connectivity index (χ1) is 11.8. The second kappa shape index (κ2) is 6.81. The molecule has 0 aliphatic carbocycles. The second-order valence-corrected chi connectivity index (χ2v) is 8.04. The number of hydrogen-bond donors (Lipinski definition) is 1. The van der Waals surface area contributed by atoms with Gasteiger partial charge in [-0.15, -0.1) is 0 Å². The molecule has 0 spiro atoms. The normalized spacial score (nSPS) is 18.0. The van der Waals surface area contributed by atoms with E-state index in [2.05, 4.69) is 20.8 Å². The van der Waals surface area contributed by atoms with Crippen LogP contribution in [0.3, 0.4) is 0 Å². The molecule has 1 aromatic carbocycles. The lowest BCUT2D eigenvalue weighted by atomic mass is 10.1. The first-order valence-electron chi connectivity index (χ1n) is 8.65. The maximum absolute atomic E-state index is 13.1. The Morgan fingerprint density at radius 2 is 2.08 bits per heavy atom. The summed E-state index contributed by atoms with van der Waals surface area (Å²) >= 11 is 6.37. The third kappa shape index (κ3) is 3.58. The van der Waals surface area contributed by atoms with Gasteiger partial charge in [0, 0.05) is 24.8 Å². The number of carbonyl (C=O) groups is 1. The summed E-state index contributed by atoms with van der Waals surface area (Å²) in [4.78, 5) is 15.0. The van der Waals surface area contributed by atoms with Crippen molar-refractivity contribution in [2.24, 2.45) is 11.7 Å². The van der Waals surface area contributed by atoms with Gasteiger partial charge >= 0.3 is 0 Å². The summed E-state index contributed by atoms with van der Waals surface area (Å²) in [5.41, 5.74) is 7.56. The van der Waals surface area contributed by atoms with E-state index in [1.807, 2.05) is 40.0 Å². The summed E-state index contributed by atoms with van der Waals surface area (Å²) < 4.78 is 1.84. The molecule has 25 heavy (non-hydrogen) atoms. The van der Waals surface area contributed by atoms with Crippen molar-refractivity contribution >= 4 is 17.5 Å². The van der Waals surface area contributed by atoms with Gasteiger partial charge in [0.25, 0.3) is 5.91 Å². The summed E-state index contributed by atoms with van der Waals surface area (Å²) in [5, 5.41) is 5.30. The number of rotatable bonds is 3. The quantitative estimate of drug-likeness (QED) is 0.912. The largest absolute Gasteiger partial charge is 0.338 e. The summed E-state index contributed by atoms with van der Waals surface area (Å²) in [7, 11) is 0. The minimum absolute atomic E-state index is 0.00127. The number of aromatic nitrogens is 2. The number of benzene rings is 1. The average molecular weight is 361 g/mol. The molecule has 1 aromatic heterocycles. The topological polar surface area (TPSA) is 64.2 Å². The van der Waals surface area contributed by atoms with Crippen molar-refractivity contribution in [2.75, 3.05) is 19.6 Å². The summed E-state index contributed by atoms with van der Waals surface area (Å²) in [6, 6.07) is 7.51. The average Bonchev–Trinajstić information content (AvgIpc) is 3.21. The Balaban J connectivity index is 2.04. The minimum atomic E-state index is -0.223. The van der Waals surface area contributed by atoms with Gasteiger partial charge in [0.05, 0.1) is 16.1 Å². The van der Waals surface area contributed by atoms with E-state index in [1.54, 1.807) is 0 Å². The molecular formula is C19H25ClN4O. The molecule has 6 heteroatoms. The number of nitrogens with two attached hydrogens (primary N) is 1. The van der Waals surface area contributed by atoms with E-state index in [1.165, 1.54) is 0 Å². The highest BCUT2D eigenvalue weighted by Gasteiger charge is 2.30. The predicted octanol–water partition coefficient (Wildman–Crippen LogP) is 3.38. The molecule has 1 amide bonds. The third-order valence-electron chi connectivity index (χ3n) is 4.67. The molecule has 1 aliphatic heterocycles. The van der Waals surface area contributed by atoms with Gasteiger partial charge in [-0.05, 0) is 45.7 Å². The van der Waals surface area contributed by atoms with E-state index < -0.39 is 0 Å². The van der Waals surface area contributed by atoms with Gasteiger partial charge in [0.1, 0.15) is 5.69 Å². The number of hydrogen-bond acceptors (Lipinski definition) is 3. The van der Waals surface area contributed by atoms with Crippen molar-refractivity contribution in [2.45, 2.75) is 32.7 Å². The maximum atomic E-state index is 13.1. The molecule has 3 rings (SSSR count). The number of likely N-dealkylation sites (tertiary alicyclic amines) is 1. The van der Waals surface area contributed by atoms with Gasteiger partial charge in [0.15, 0.2) is 0 Å². The molecule has 1 saturated heterocycles. The summed E-state index contributed by atoms with van der Waals surface area (Å²) in [6.07, 6.45) is 2.80. The fourth-order valence-corrected chi connectivity index (χ4v) is 3.33. The smallest absolute Gasteiger partial charge is 0.257 e. The Morgan fingerprint density at radius 1 is 1.36 bits per heavy atom. The van der Waals surface area contributed by atoms with Crippen molar-refractivity contribution in [3.63, 3.8) is 0 Å². The predicted molar refractivity (Wildman–Crippen MR) is 101 cm³/mol. The zero-order chi connectivity index (χ0) is 18.2. The fraction of sp³-hybridized carbons (Fsp3) is 0.474. The Bertz CT molecular complexity index is 778. The van der Waals surface area contributed by atoms with E-state index in [4.69, 9.17) is 22.4 Å². The van der Waals surface area contributed by atoms with Crippen LogP contribution >= 0.6 is 11.6 Å². The lowest BCUT2D eigenvalue weighted by Gasteiger charge is -2.19. The maximum Gasteiger partial charge on any atom is 0.257 e. The number of nitrogens with zero attached hydrogens (tertiary/aromatic N) is 3. The first kappa shape index (κ1) is 18.0. The van der Waals surface area contributed by atoms with Crippen LogP contribution in [-0.4, -0.2) is 40.2 Å². The Labute approximate surface area is 153 Å². The zero-order valence-corrected chi connectivity index (χ0v) is 15.8. The van der Waals surface area contributed by atoms with E-state index in [0.717, 1.165) is 18.5 Å². The molecule has 1 fully saturated rings. The number of halogens is 1. The van der Waals surface area contributed by atoms with Crippen molar-refractivity contribution < 1.29 is 4.79 Å². The van der Waals surface area contributed by atoms with E-state index in [-0.39, 0.29) is 11.4 Å². The highest BCUT2D eigenvalue weighted by molar-refractivity contribution is 6.33. The number of amides is 1. The highest BCUT2D eigenvalue weighted by atomic mass is 35.5.